The van der Waals surface area contributed by atoms with Crippen LogP contribution in [0.4, 0.5) is 5.69 Å². The Balaban J connectivity index is 2.01. The maximum atomic E-state index is 12.1. The average Bonchev–Trinajstić information content (AvgIpc) is 2.29. The van der Waals surface area contributed by atoms with Gasteiger partial charge < -0.3 is 5.32 Å². The van der Waals surface area contributed by atoms with Gasteiger partial charge >= 0.3 is 0 Å². The van der Waals surface area contributed by atoms with Crippen molar-refractivity contribution in [2.45, 2.75) is 25.3 Å². The van der Waals surface area contributed by atoms with Crippen LogP contribution in [0.15, 0.2) is 24.3 Å². The van der Waals surface area contributed by atoms with Crippen molar-refractivity contribution in [2.75, 3.05) is 18.9 Å². The molecular weight excluding hydrogens is 236 g/mol. The number of amides is 1. The van der Waals surface area contributed by atoms with E-state index >= 15 is 0 Å². The summed E-state index contributed by atoms with van der Waals surface area (Å²) in [5.41, 5.74) is 0.765. The number of nitrogens with zero attached hydrogens (tertiary/aromatic N) is 1. The second kappa shape index (κ2) is 5.52. The molecule has 1 aromatic rings. The minimum atomic E-state index is -0.0114. The van der Waals surface area contributed by atoms with Crippen LogP contribution in [0.2, 0.25) is 5.02 Å². The summed E-state index contributed by atoms with van der Waals surface area (Å²) in [5.74, 6) is 0.0643. The molecule has 0 spiro atoms. The number of nitrogens with one attached hydrogen (secondary N) is 1. The Morgan fingerprint density at radius 1 is 1.47 bits per heavy atom. The number of anilines is 1. The first-order chi connectivity index (χ1) is 8.16. The fraction of sp³-hybridized carbons (Fsp3) is 0.462. The van der Waals surface area contributed by atoms with Crippen LogP contribution in [-0.4, -0.2) is 30.4 Å². The number of carbonyl (C=O) groups excluding carboxylic acids is 1. The lowest BCUT2D eigenvalue weighted by Crippen LogP contribution is -2.44. The Kier molecular flexibility index (Phi) is 4.02. The Hall–Kier alpha value is -1.06. The maximum Gasteiger partial charge on any atom is 0.241 e. The van der Waals surface area contributed by atoms with E-state index in [1.165, 1.54) is 6.42 Å². The van der Waals surface area contributed by atoms with Crippen LogP contribution in [0.3, 0.4) is 0 Å². The van der Waals surface area contributed by atoms with E-state index in [0.29, 0.717) is 5.02 Å². The van der Waals surface area contributed by atoms with Crippen LogP contribution in [0.5, 0.6) is 0 Å². The van der Waals surface area contributed by atoms with E-state index in [2.05, 4.69) is 10.2 Å². The number of rotatable bonds is 2. The SMILES string of the molecule is CN1CCCCC1C(=O)Nc1cccc(Cl)c1. The monoisotopic (exact) mass is 252 g/mol. The normalized spacial score (nSPS) is 21.2. The number of piperidine rings is 1. The van der Waals surface area contributed by atoms with E-state index in [9.17, 15) is 4.79 Å². The lowest BCUT2D eigenvalue weighted by Gasteiger charge is -2.31. The molecule has 0 aromatic heterocycles. The highest BCUT2D eigenvalue weighted by Crippen LogP contribution is 2.19. The minimum absolute atomic E-state index is 0.0114. The molecule has 1 heterocycles. The molecule has 1 aromatic carbocycles. The van der Waals surface area contributed by atoms with Crippen molar-refractivity contribution >= 4 is 23.2 Å². The number of hydrogen-bond donors (Lipinski definition) is 1. The molecular formula is C13H17ClN2O. The Morgan fingerprint density at radius 2 is 2.29 bits per heavy atom. The molecule has 1 fully saturated rings. The summed E-state index contributed by atoms with van der Waals surface area (Å²) in [6.07, 6.45) is 3.23. The first-order valence-corrected chi connectivity index (χ1v) is 6.31. The molecule has 1 saturated heterocycles. The van der Waals surface area contributed by atoms with Gasteiger partial charge in [-0.15, -0.1) is 0 Å². The standard InChI is InChI=1S/C13H17ClN2O/c1-16-8-3-2-7-12(16)13(17)15-11-6-4-5-10(14)9-11/h4-6,9,12H,2-3,7-8H2,1H3,(H,15,17). The molecule has 2 rings (SSSR count). The zero-order chi connectivity index (χ0) is 12.3. The van der Waals surface area contributed by atoms with Crippen LogP contribution in [-0.2, 0) is 4.79 Å². The molecule has 1 N–H and O–H groups in total. The molecule has 0 radical (unpaired) electrons. The molecule has 0 aliphatic carbocycles. The van der Waals surface area contributed by atoms with E-state index in [-0.39, 0.29) is 11.9 Å². The summed E-state index contributed by atoms with van der Waals surface area (Å²) in [7, 11) is 2.00. The van der Waals surface area contributed by atoms with Gasteiger partial charge in [0.05, 0.1) is 6.04 Å². The van der Waals surface area contributed by atoms with Gasteiger partial charge in [-0.25, -0.2) is 0 Å². The zero-order valence-corrected chi connectivity index (χ0v) is 10.7. The van der Waals surface area contributed by atoms with E-state index in [1.54, 1.807) is 12.1 Å². The number of likely N-dealkylation sites (tertiary alicyclic amines) is 1. The molecule has 0 saturated carbocycles. The third-order valence-electron chi connectivity index (χ3n) is 3.17. The van der Waals surface area contributed by atoms with Gasteiger partial charge in [-0.05, 0) is 44.6 Å². The summed E-state index contributed by atoms with van der Waals surface area (Å²) in [5, 5.41) is 3.56. The number of likely N-dealkylation sites (N-methyl/N-ethyl adjacent to an activating group) is 1. The van der Waals surface area contributed by atoms with E-state index < -0.39 is 0 Å². The Morgan fingerprint density at radius 3 is 3.00 bits per heavy atom. The highest BCUT2D eigenvalue weighted by molar-refractivity contribution is 6.30. The summed E-state index contributed by atoms with van der Waals surface area (Å²) in [4.78, 5) is 14.2. The smallest absolute Gasteiger partial charge is 0.241 e. The summed E-state index contributed by atoms with van der Waals surface area (Å²) >= 11 is 5.88. The van der Waals surface area contributed by atoms with E-state index in [4.69, 9.17) is 11.6 Å². The fourth-order valence-electron chi connectivity index (χ4n) is 2.20. The van der Waals surface area contributed by atoms with E-state index in [1.807, 2.05) is 19.2 Å². The number of hydrogen-bond acceptors (Lipinski definition) is 2. The summed E-state index contributed by atoms with van der Waals surface area (Å²) < 4.78 is 0. The fourth-order valence-corrected chi connectivity index (χ4v) is 2.39. The van der Waals surface area contributed by atoms with Crippen LogP contribution < -0.4 is 5.32 Å². The molecule has 1 aliphatic rings. The second-order valence-electron chi connectivity index (χ2n) is 4.49. The highest BCUT2D eigenvalue weighted by Gasteiger charge is 2.25. The van der Waals surface area contributed by atoms with Gasteiger partial charge in [0.25, 0.3) is 0 Å². The van der Waals surface area contributed by atoms with Gasteiger partial charge in [0.1, 0.15) is 0 Å². The number of carbonyl (C=O) groups is 1. The topological polar surface area (TPSA) is 32.3 Å². The zero-order valence-electron chi connectivity index (χ0n) is 9.95. The van der Waals surface area contributed by atoms with Gasteiger partial charge in [-0.3, -0.25) is 9.69 Å². The highest BCUT2D eigenvalue weighted by atomic mass is 35.5. The quantitative estimate of drug-likeness (QED) is 0.878. The molecule has 1 amide bonds. The maximum absolute atomic E-state index is 12.1. The lowest BCUT2D eigenvalue weighted by atomic mass is 10.0. The third-order valence-corrected chi connectivity index (χ3v) is 3.40. The Bertz CT molecular complexity index is 408. The van der Waals surface area contributed by atoms with Crippen molar-refractivity contribution in [3.63, 3.8) is 0 Å². The van der Waals surface area contributed by atoms with Gasteiger partial charge in [0, 0.05) is 10.7 Å². The summed E-state index contributed by atoms with van der Waals surface area (Å²) in [6.45, 7) is 0.994. The molecule has 17 heavy (non-hydrogen) atoms. The first kappa shape index (κ1) is 12.4. The predicted molar refractivity (Wildman–Crippen MR) is 70.4 cm³/mol. The van der Waals surface area contributed by atoms with Gasteiger partial charge in [0.2, 0.25) is 5.91 Å². The first-order valence-electron chi connectivity index (χ1n) is 5.93. The Labute approximate surface area is 107 Å². The van der Waals surface area contributed by atoms with Crippen molar-refractivity contribution < 1.29 is 4.79 Å². The van der Waals surface area contributed by atoms with Gasteiger partial charge in [-0.1, -0.05) is 24.1 Å². The van der Waals surface area contributed by atoms with Crippen LogP contribution >= 0.6 is 11.6 Å². The average molecular weight is 253 g/mol. The van der Waals surface area contributed by atoms with Crippen molar-refractivity contribution in [3.8, 4) is 0 Å². The van der Waals surface area contributed by atoms with E-state index in [0.717, 1.165) is 25.1 Å². The third kappa shape index (κ3) is 3.20. The molecule has 1 aliphatic heterocycles. The minimum Gasteiger partial charge on any atom is -0.325 e. The van der Waals surface area contributed by atoms with Crippen LogP contribution in [0, 0.1) is 0 Å². The van der Waals surface area contributed by atoms with Gasteiger partial charge in [0.15, 0.2) is 0 Å². The van der Waals surface area contributed by atoms with Crippen molar-refractivity contribution in [1.29, 1.82) is 0 Å². The molecule has 3 nitrogen and oxygen atoms in total. The number of halogens is 1. The van der Waals surface area contributed by atoms with Crippen molar-refractivity contribution in [2.24, 2.45) is 0 Å². The summed E-state index contributed by atoms with van der Waals surface area (Å²) in [6, 6.07) is 7.24. The molecule has 1 unspecified atom stereocenters. The molecule has 92 valence electrons. The molecule has 0 bridgehead atoms. The molecule has 4 heteroatoms. The predicted octanol–water partition coefficient (Wildman–Crippen LogP) is 2.76. The van der Waals surface area contributed by atoms with Gasteiger partial charge in [-0.2, -0.15) is 0 Å². The van der Waals surface area contributed by atoms with Crippen molar-refractivity contribution in [1.82, 2.24) is 4.90 Å². The number of benzene rings is 1. The van der Waals surface area contributed by atoms with Crippen molar-refractivity contribution in [3.05, 3.63) is 29.3 Å². The lowest BCUT2D eigenvalue weighted by molar-refractivity contribution is -0.121. The van der Waals surface area contributed by atoms with Crippen LogP contribution in [0.25, 0.3) is 0 Å². The molecule has 1 atom stereocenters. The largest absolute Gasteiger partial charge is 0.325 e. The second-order valence-corrected chi connectivity index (χ2v) is 4.93. The van der Waals surface area contributed by atoms with Crippen LogP contribution in [0.1, 0.15) is 19.3 Å².